The third kappa shape index (κ3) is 4.52. The second-order valence-electron chi connectivity index (χ2n) is 8.76. The summed E-state index contributed by atoms with van der Waals surface area (Å²) in [5.41, 5.74) is 3.24. The molecule has 3 heterocycles. The molecule has 0 saturated heterocycles. The first-order chi connectivity index (χ1) is 17.4. The topological polar surface area (TPSA) is 109 Å². The number of aromatic amines is 1. The Morgan fingerprint density at radius 3 is 2.67 bits per heavy atom. The molecule has 1 aliphatic heterocycles. The number of rotatable bonds is 6. The number of amides is 1. The van der Waals surface area contributed by atoms with Crippen LogP contribution in [0.4, 0.5) is 5.82 Å². The quantitative estimate of drug-likeness (QED) is 0.406. The van der Waals surface area contributed by atoms with Gasteiger partial charge in [0.2, 0.25) is 0 Å². The van der Waals surface area contributed by atoms with Gasteiger partial charge in [-0.05, 0) is 31.7 Å². The van der Waals surface area contributed by atoms with Gasteiger partial charge in [-0.25, -0.2) is 9.48 Å². The van der Waals surface area contributed by atoms with Crippen molar-refractivity contribution in [3.05, 3.63) is 87.8 Å². The maximum Gasteiger partial charge on any atom is 0.339 e. The number of carbonyl (C=O) groups excluding carboxylic acids is 2. The molecule has 1 aliphatic rings. The van der Waals surface area contributed by atoms with Crippen molar-refractivity contribution in [1.29, 1.82) is 0 Å². The van der Waals surface area contributed by atoms with Crippen molar-refractivity contribution in [2.75, 3.05) is 18.4 Å². The molecule has 5 rings (SSSR count). The number of para-hydroxylation sites is 2. The fraction of sp³-hybridized carbons (Fsp3) is 0.259. The van der Waals surface area contributed by atoms with Crippen LogP contribution in [0.2, 0.25) is 0 Å². The Balaban J connectivity index is 1.37. The molecule has 184 valence electrons. The Kier molecular flexibility index (Phi) is 6.39. The van der Waals surface area contributed by atoms with Crippen LogP contribution in [-0.2, 0) is 22.5 Å². The Morgan fingerprint density at radius 2 is 1.89 bits per heavy atom. The van der Waals surface area contributed by atoms with Crippen LogP contribution in [0.3, 0.4) is 0 Å². The van der Waals surface area contributed by atoms with Gasteiger partial charge in [-0.1, -0.05) is 43.3 Å². The monoisotopic (exact) mass is 485 g/mol. The molecule has 9 nitrogen and oxygen atoms in total. The van der Waals surface area contributed by atoms with Crippen LogP contribution in [0.15, 0.2) is 65.5 Å². The van der Waals surface area contributed by atoms with Crippen LogP contribution < -0.4 is 10.9 Å². The first kappa shape index (κ1) is 23.5. The molecular weight excluding hydrogens is 458 g/mol. The zero-order valence-corrected chi connectivity index (χ0v) is 20.2. The molecule has 1 amide bonds. The molecule has 0 fully saturated rings. The van der Waals surface area contributed by atoms with Crippen LogP contribution in [0, 0.1) is 0 Å². The third-order valence-corrected chi connectivity index (χ3v) is 6.42. The van der Waals surface area contributed by atoms with E-state index in [2.05, 4.69) is 22.2 Å². The van der Waals surface area contributed by atoms with Crippen molar-refractivity contribution in [3.8, 4) is 5.69 Å². The number of H-pyrrole nitrogens is 1. The summed E-state index contributed by atoms with van der Waals surface area (Å²) in [6.45, 7) is 5.93. The molecule has 9 heteroatoms. The Morgan fingerprint density at radius 1 is 1.14 bits per heavy atom. The number of hydrogen-bond donors (Lipinski definition) is 2. The van der Waals surface area contributed by atoms with E-state index in [9.17, 15) is 14.4 Å². The van der Waals surface area contributed by atoms with Gasteiger partial charge in [-0.2, -0.15) is 0 Å². The van der Waals surface area contributed by atoms with Crippen molar-refractivity contribution >= 4 is 28.6 Å². The summed E-state index contributed by atoms with van der Waals surface area (Å²) < 4.78 is 6.96. The molecule has 2 aromatic carbocycles. The number of nitrogens with one attached hydrogen (secondary N) is 2. The van der Waals surface area contributed by atoms with Gasteiger partial charge in [0, 0.05) is 42.2 Å². The number of hydrogen-bond acceptors (Lipinski definition) is 6. The van der Waals surface area contributed by atoms with E-state index in [-0.39, 0.29) is 11.4 Å². The maximum absolute atomic E-state index is 13.4. The predicted molar refractivity (Wildman–Crippen MR) is 136 cm³/mol. The van der Waals surface area contributed by atoms with Gasteiger partial charge < -0.3 is 10.1 Å². The van der Waals surface area contributed by atoms with Crippen molar-refractivity contribution in [3.63, 3.8) is 0 Å². The van der Waals surface area contributed by atoms with E-state index >= 15 is 0 Å². The SMILES string of the molecule is CCN1CCc2nc3ccccc3c(C(=O)OC(C)C(=O)Nc3cc(=O)n(-c4ccccc4)[nH]3)c2C1. The van der Waals surface area contributed by atoms with E-state index in [1.54, 1.807) is 12.1 Å². The minimum Gasteiger partial charge on any atom is -0.449 e. The maximum atomic E-state index is 13.4. The number of anilines is 1. The van der Waals surface area contributed by atoms with Crippen LogP contribution in [0.1, 0.15) is 35.5 Å². The molecule has 36 heavy (non-hydrogen) atoms. The highest BCUT2D eigenvalue weighted by Crippen LogP contribution is 2.29. The molecule has 2 aromatic heterocycles. The first-order valence-corrected chi connectivity index (χ1v) is 12.0. The zero-order valence-electron chi connectivity index (χ0n) is 20.2. The zero-order chi connectivity index (χ0) is 25.2. The number of ether oxygens (including phenoxy) is 1. The fourth-order valence-corrected chi connectivity index (χ4v) is 4.49. The van der Waals surface area contributed by atoms with Crippen molar-refractivity contribution in [2.45, 2.75) is 32.9 Å². The van der Waals surface area contributed by atoms with E-state index in [0.29, 0.717) is 23.2 Å². The van der Waals surface area contributed by atoms with E-state index in [0.717, 1.165) is 36.3 Å². The molecule has 1 unspecified atom stereocenters. The third-order valence-electron chi connectivity index (χ3n) is 6.42. The Bertz CT molecular complexity index is 1490. The molecule has 4 aromatic rings. The normalized spacial score (nSPS) is 14.3. The molecule has 0 aliphatic carbocycles. The Labute approximate surface area is 207 Å². The Hall–Kier alpha value is -4.24. The van der Waals surface area contributed by atoms with Gasteiger partial charge in [0.15, 0.2) is 6.10 Å². The first-order valence-electron chi connectivity index (χ1n) is 12.0. The predicted octanol–water partition coefficient (Wildman–Crippen LogP) is 3.28. The minimum atomic E-state index is -1.09. The average molecular weight is 486 g/mol. The minimum absolute atomic E-state index is 0.210. The summed E-state index contributed by atoms with van der Waals surface area (Å²) in [6, 6.07) is 17.8. The smallest absolute Gasteiger partial charge is 0.339 e. The van der Waals surface area contributed by atoms with Crippen LogP contribution >= 0.6 is 0 Å². The van der Waals surface area contributed by atoms with Crippen LogP contribution in [0.25, 0.3) is 16.6 Å². The molecule has 1 atom stereocenters. The van der Waals surface area contributed by atoms with Gasteiger partial charge in [-0.3, -0.25) is 24.6 Å². The van der Waals surface area contributed by atoms with Crippen molar-refractivity contribution in [2.24, 2.45) is 0 Å². The number of pyridine rings is 1. The molecule has 2 N–H and O–H groups in total. The van der Waals surface area contributed by atoms with E-state index in [4.69, 9.17) is 9.72 Å². The van der Waals surface area contributed by atoms with E-state index in [1.165, 1.54) is 17.7 Å². The molecule has 0 bridgehead atoms. The number of fused-ring (bicyclic) bond motifs is 2. The summed E-state index contributed by atoms with van der Waals surface area (Å²) >= 11 is 0. The van der Waals surface area contributed by atoms with Gasteiger partial charge in [0.1, 0.15) is 5.82 Å². The lowest BCUT2D eigenvalue weighted by atomic mass is 9.95. The number of nitrogens with zero attached hydrogens (tertiary/aromatic N) is 3. The molecule has 0 spiro atoms. The van der Waals surface area contributed by atoms with Crippen LogP contribution in [-0.4, -0.2) is 50.7 Å². The lowest BCUT2D eigenvalue weighted by Gasteiger charge is -2.29. The average Bonchev–Trinajstić information content (AvgIpc) is 3.26. The summed E-state index contributed by atoms with van der Waals surface area (Å²) in [5, 5.41) is 6.20. The summed E-state index contributed by atoms with van der Waals surface area (Å²) in [7, 11) is 0. The number of benzene rings is 2. The van der Waals surface area contributed by atoms with E-state index in [1.807, 2.05) is 42.5 Å². The number of likely N-dealkylation sites (N-methyl/N-ethyl adjacent to an activating group) is 1. The standard InChI is InChI=1S/C27H27N5O4/c1-3-31-14-13-22-20(16-31)25(19-11-7-8-12-21(19)28-22)27(35)36-17(2)26(34)29-23-15-24(33)32(30-23)18-9-5-4-6-10-18/h4-12,15,17,30H,3,13-14,16H2,1-2H3,(H,29,34). The molecule has 0 saturated carbocycles. The number of carbonyl (C=O) groups is 2. The van der Waals surface area contributed by atoms with Crippen molar-refractivity contribution in [1.82, 2.24) is 19.7 Å². The lowest BCUT2D eigenvalue weighted by Crippen LogP contribution is -2.34. The fourth-order valence-electron chi connectivity index (χ4n) is 4.49. The van der Waals surface area contributed by atoms with Gasteiger partial charge in [0.05, 0.1) is 16.8 Å². The summed E-state index contributed by atoms with van der Waals surface area (Å²) in [4.78, 5) is 45.7. The highest BCUT2D eigenvalue weighted by atomic mass is 16.5. The largest absolute Gasteiger partial charge is 0.449 e. The second-order valence-corrected chi connectivity index (χ2v) is 8.76. The molecular formula is C27H27N5O4. The summed E-state index contributed by atoms with van der Waals surface area (Å²) in [5.74, 6) is -0.907. The van der Waals surface area contributed by atoms with Gasteiger partial charge in [0.25, 0.3) is 11.5 Å². The molecule has 0 radical (unpaired) electrons. The van der Waals surface area contributed by atoms with Crippen LogP contribution in [0.5, 0.6) is 0 Å². The summed E-state index contributed by atoms with van der Waals surface area (Å²) in [6.07, 6.45) is -0.342. The highest BCUT2D eigenvalue weighted by Gasteiger charge is 2.28. The van der Waals surface area contributed by atoms with Crippen molar-refractivity contribution < 1.29 is 14.3 Å². The number of aromatic nitrogens is 3. The lowest BCUT2D eigenvalue weighted by molar-refractivity contribution is -0.123. The second kappa shape index (κ2) is 9.79. The van der Waals surface area contributed by atoms with Gasteiger partial charge in [-0.15, -0.1) is 0 Å². The van der Waals surface area contributed by atoms with Gasteiger partial charge >= 0.3 is 5.97 Å². The highest BCUT2D eigenvalue weighted by molar-refractivity contribution is 6.06. The number of esters is 1. The van der Waals surface area contributed by atoms with E-state index < -0.39 is 18.0 Å².